The van der Waals surface area contributed by atoms with Crippen molar-refractivity contribution in [1.29, 1.82) is 5.26 Å². The van der Waals surface area contributed by atoms with E-state index in [0.717, 1.165) is 11.8 Å². The van der Waals surface area contributed by atoms with Gasteiger partial charge in [-0.2, -0.15) is 15.0 Å². The molecule has 2 atom stereocenters. The first-order valence-corrected chi connectivity index (χ1v) is 6.79. The summed E-state index contributed by atoms with van der Waals surface area (Å²) < 4.78 is 5.74. The molecule has 1 fully saturated rings. The highest BCUT2D eigenvalue weighted by Gasteiger charge is 2.47. The van der Waals surface area contributed by atoms with Crippen LogP contribution in [0.15, 0.2) is 54.6 Å². The van der Waals surface area contributed by atoms with Gasteiger partial charge in [0.05, 0.1) is 0 Å². The average molecular weight is 295 g/mol. The maximum absolute atomic E-state index is 10.8. The molecule has 1 saturated heterocycles. The molecule has 5 heteroatoms. The Kier molecular flexibility index (Phi) is 3.98. The third-order valence-corrected chi connectivity index (χ3v) is 3.44. The highest BCUT2D eigenvalue weighted by Crippen LogP contribution is 2.41. The summed E-state index contributed by atoms with van der Waals surface area (Å²) in [5.74, 6) is -1.61. The molecule has 1 heterocycles. The first kappa shape index (κ1) is 14.4. The molecule has 2 unspecified atom stereocenters. The van der Waals surface area contributed by atoms with Gasteiger partial charge < -0.3 is 4.79 Å². The number of hydrogen-bond donors (Lipinski definition) is 0. The summed E-state index contributed by atoms with van der Waals surface area (Å²) in [6, 6.07) is 18.1. The van der Waals surface area contributed by atoms with Crippen molar-refractivity contribution < 1.29 is 19.3 Å². The molecule has 0 saturated carbocycles. The molecule has 1 aliphatic heterocycles. The van der Waals surface area contributed by atoms with Crippen molar-refractivity contribution in [3.8, 4) is 6.07 Å². The van der Waals surface area contributed by atoms with Gasteiger partial charge in [-0.25, -0.2) is 0 Å². The van der Waals surface area contributed by atoms with Gasteiger partial charge in [0.25, 0.3) is 0 Å². The molecular formula is C17H13NO4. The second-order valence-electron chi connectivity index (χ2n) is 4.79. The number of hydrogen-bond acceptors (Lipinski definition) is 5. The lowest BCUT2D eigenvalue weighted by atomic mass is 10.0. The maximum Gasteiger partial charge on any atom is 0.318 e. The van der Waals surface area contributed by atoms with E-state index >= 15 is 0 Å². The van der Waals surface area contributed by atoms with E-state index in [1.165, 1.54) is 0 Å². The second-order valence-corrected chi connectivity index (χ2v) is 4.79. The predicted octanol–water partition coefficient (Wildman–Crippen LogP) is 2.78. The summed E-state index contributed by atoms with van der Waals surface area (Å²) in [7, 11) is 0. The molecule has 0 aliphatic carbocycles. The molecule has 0 amide bonds. The predicted molar refractivity (Wildman–Crippen MR) is 75.9 cm³/mol. The van der Waals surface area contributed by atoms with E-state index < -0.39 is 12.1 Å². The summed E-state index contributed by atoms with van der Waals surface area (Å²) in [5.41, 5.74) is 1.99. The van der Waals surface area contributed by atoms with Crippen LogP contribution in [0.4, 0.5) is 0 Å². The zero-order valence-corrected chi connectivity index (χ0v) is 11.6. The lowest BCUT2D eigenvalue weighted by Crippen LogP contribution is -2.24. The van der Waals surface area contributed by atoms with E-state index in [9.17, 15) is 10.1 Å². The molecule has 0 aromatic heterocycles. The Morgan fingerprint density at radius 2 is 1.86 bits per heavy atom. The van der Waals surface area contributed by atoms with E-state index in [2.05, 4.69) is 0 Å². The van der Waals surface area contributed by atoms with Gasteiger partial charge in [0, 0.05) is 17.5 Å². The topological polar surface area (TPSA) is 68.5 Å². The zero-order chi connectivity index (χ0) is 15.4. The van der Waals surface area contributed by atoms with Crippen LogP contribution in [0.1, 0.15) is 23.0 Å². The number of ether oxygens (including phenoxy) is 1. The third-order valence-electron chi connectivity index (χ3n) is 3.44. The minimum Gasteiger partial charge on any atom is -0.303 e. The normalized spacial score (nSPS) is 23.9. The van der Waals surface area contributed by atoms with Gasteiger partial charge in [-0.05, 0) is 5.56 Å². The highest BCUT2D eigenvalue weighted by atomic mass is 17.3. The van der Waals surface area contributed by atoms with Crippen LogP contribution < -0.4 is 0 Å². The molecule has 0 radical (unpaired) electrons. The summed E-state index contributed by atoms with van der Waals surface area (Å²) in [6.45, 7) is 0. The monoisotopic (exact) mass is 295 g/mol. The van der Waals surface area contributed by atoms with E-state index in [1.54, 1.807) is 30.3 Å². The van der Waals surface area contributed by atoms with Crippen LogP contribution in [-0.4, -0.2) is 6.29 Å². The van der Waals surface area contributed by atoms with Gasteiger partial charge in [-0.3, -0.25) is 4.74 Å². The first-order chi connectivity index (χ1) is 10.8. The fraction of sp³-hybridized carbons (Fsp3) is 0.176. The van der Waals surface area contributed by atoms with Crippen LogP contribution in [-0.2, 0) is 31.5 Å². The van der Waals surface area contributed by atoms with Gasteiger partial charge in [-0.15, -0.1) is 0 Å². The van der Waals surface area contributed by atoms with Crippen LogP contribution in [0.2, 0.25) is 0 Å². The number of carbonyl (C=O) groups excluding carboxylic acids is 1. The van der Waals surface area contributed by atoms with E-state index in [0.29, 0.717) is 11.1 Å². The van der Waals surface area contributed by atoms with Crippen molar-refractivity contribution in [3.05, 3.63) is 71.3 Å². The number of nitriles is 1. The lowest BCUT2D eigenvalue weighted by Gasteiger charge is -2.17. The van der Waals surface area contributed by atoms with Crippen molar-refractivity contribution in [2.75, 3.05) is 0 Å². The molecule has 0 spiro atoms. The van der Waals surface area contributed by atoms with Crippen molar-refractivity contribution >= 4 is 6.29 Å². The number of nitrogens with zero attached hydrogens (tertiary/aromatic N) is 1. The Hall–Kier alpha value is -2.52. The third kappa shape index (κ3) is 2.51. The van der Waals surface area contributed by atoms with Gasteiger partial charge in [0.2, 0.25) is 6.29 Å². The van der Waals surface area contributed by atoms with Crippen LogP contribution in [0.3, 0.4) is 0 Å². The first-order valence-electron chi connectivity index (χ1n) is 6.79. The Bertz CT molecular complexity index is 710. The smallest absolute Gasteiger partial charge is 0.303 e. The van der Waals surface area contributed by atoms with Gasteiger partial charge >= 0.3 is 5.79 Å². The molecule has 22 heavy (non-hydrogen) atoms. The fourth-order valence-electron chi connectivity index (χ4n) is 2.34. The lowest BCUT2D eigenvalue weighted by molar-refractivity contribution is -0.321. The second kappa shape index (κ2) is 6.08. The van der Waals surface area contributed by atoms with Crippen molar-refractivity contribution in [2.24, 2.45) is 0 Å². The molecule has 3 rings (SSSR count). The van der Waals surface area contributed by atoms with E-state index in [4.69, 9.17) is 14.5 Å². The molecular weight excluding hydrogens is 282 g/mol. The summed E-state index contributed by atoms with van der Waals surface area (Å²) in [6.07, 6.45) is 0.184. The highest BCUT2D eigenvalue weighted by molar-refractivity contribution is 5.56. The molecule has 2 aromatic rings. The van der Waals surface area contributed by atoms with Crippen LogP contribution >= 0.6 is 0 Å². The number of benzene rings is 2. The largest absolute Gasteiger partial charge is 0.318 e. The van der Waals surface area contributed by atoms with Crippen LogP contribution in [0.25, 0.3) is 0 Å². The van der Waals surface area contributed by atoms with Gasteiger partial charge in [0.15, 0.2) is 0 Å². The van der Waals surface area contributed by atoms with Gasteiger partial charge in [-0.1, -0.05) is 54.6 Å². The molecule has 5 nitrogen and oxygen atoms in total. The summed E-state index contributed by atoms with van der Waals surface area (Å²) in [5, 5.41) is 9.47. The molecule has 1 aliphatic rings. The molecule has 2 aromatic carbocycles. The Labute approximate surface area is 127 Å². The molecule has 110 valence electrons. The maximum atomic E-state index is 10.8. The summed E-state index contributed by atoms with van der Waals surface area (Å²) in [4.78, 5) is 21.2. The SMILES string of the molecule is N#CC1(c2ccccc2)OOC(c2ccccc2CC=O)O1. The van der Waals surface area contributed by atoms with Crippen molar-refractivity contribution in [3.63, 3.8) is 0 Å². The minimum atomic E-state index is -1.61. The number of aldehydes is 1. The molecule has 0 bridgehead atoms. The Morgan fingerprint density at radius 1 is 1.14 bits per heavy atom. The summed E-state index contributed by atoms with van der Waals surface area (Å²) >= 11 is 0. The average Bonchev–Trinajstić information content (AvgIpc) is 3.02. The minimum absolute atomic E-state index is 0.240. The number of carbonyl (C=O) groups is 1. The van der Waals surface area contributed by atoms with E-state index in [-0.39, 0.29) is 6.42 Å². The van der Waals surface area contributed by atoms with Crippen molar-refractivity contribution in [2.45, 2.75) is 18.5 Å². The Morgan fingerprint density at radius 3 is 2.59 bits per heavy atom. The van der Waals surface area contributed by atoms with E-state index in [1.807, 2.05) is 30.3 Å². The van der Waals surface area contributed by atoms with Crippen molar-refractivity contribution in [1.82, 2.24) is 0 Å². The zero-order valence-electron chi connectivity index (χ0n) is 11.6. The van der Waals surface area contributed by atoms with Crippen LogP contribution in [0.5, 0.6) is 0 Å². The number of rotatable bonds is 4. The quantitative estimate of drug-likeness (QED) is 0.641. The standard InChI is InChI=1S/C17H13NO4/c18-12-17(14-7-2-1-3-8-14)20-16(21-22-17)15-9-5-4-6-13(15)10-11-19/h1-9,11,16H,10H2. The fourth-order valence-corrected chi connectivity index (χ4v) is 2.34. The van der Waals surface area contributed by atoms with Crippen LogP contribution in [0, 0.1) is 11.3 Å². The molecule has 0 N–H and O–H groups in total. The Balaban J connectivity index is 1.92. The van der Waals surface area contributed by atoms with Gasteiger partial charge in [0.1, 0.15) is 12.4 Å².